The van der Waals surface area contributed by atoms with Gasteiger partial charge in [-0.15, -0.1) is 0 Å². The fourth-order valence-corrected chi connectivity index (χ4v) is 1.97. The Balaban J connectivity index is 2.56. The molecule has 0 unspecified atom stereocenters. The molecule has 0 radical (unpaired) electrons. The van der Waals surface area contributed by atoms with E-state index in [1.165, 1.54) is 25.0 Å². The molecule has 9 heteroatoms. The van der Waals surface area contributed by atoms with Crippen LogP contribution in [0.25, 0.3) is 0 Å². The highest BCUT2D eigenvalue weighted by atomic mass is 32.2. The van der Waals surface area contributed by atoms with Crippen LogP contribution >= 0.6 is 0 Å². The van der Waals surface area contributed by atoms with Gasteiger partial charge in [0.15, 0.2) is 5.69 Å². The van der Waals surface area contributed by atoms with Gasteiger partial charge in [0.2, 0.25) is 10.0 Å². The second-order valence-electron chi connectivity index (χ2n) is 3.96. The number of aromatic nitrogens is 2. The van der Waals surface area contributed by atoms with E-state index < -0.39 is 15.9 Å². The second-order valence-corrected chi connectivity index (χ2v) is 6.26. The minimum atomic E-state index is -3.32. The Morgan fingerprint density at radius 2 is 2.17 bits per heavy atom. The van der Waals surface area contributed by atoms with Gasteiger partial charge in [0.1, 0.15) is 0 Å². The minimum absolute atomic E-state index is 0.00929. The Hall–Kier alpha value is -1.61. The number of nitrogens with one attached hydrogen (secondary N) is 1. The first-order valence-corrected chi connectivity index (χ1v) is 6.82. The van der Waals surface area contributed by atoms with Crippen molar-refractivity contribution in [2.24, 2.45) is 7.05 Å². The molecule has 1 rings (SSSR count). The average Bonchev–Trinajstić information content (AvgIpc) is 2.57. The lowest BCUT2D eigenvalue weighted by Crippen LogP contribution is -2.34. The molecule has 0 aliphatic rings. The van der Waals surface area contributed by atoms with Gasteiger partial charge >= 0.3 is 0 Å². The van der Waals surface area contributed by atoms with E-state index in [4.69, 9.17) is 5.73 Å². The van der Waals surface area contributed by atoms with Gasteiger partial charge in [0.25, 0.3) is 5.91 Å². The topological polar surface area (TPSA) is 110 Å². The third-order valence-corrected chi connectivity index (χ3v) is 4.11. The van der Waals surface area contributed by atoms with E-state index in [-0.39, 0.29) is 23.7 Å². The van der Waals surface area contributed by atoms with E-state index >= 15 is 0 Å². The third kappa shape index (κ3) is 3.44. The van der Waals surface area contributed by atoms with E-state index in [2.05, 4.69) is 10.4 Å². The quantitative estimate of drug-likeness (QED) is 0.688. The predicted molar refractivity (Wildman–Crippen MR) is 67.4 cm³/mol. The number of nitrogens with two attached hydrogens (primary N) is 1. The van der Waals surface area contributed by atoms with Crippen molar-refractivity contribution in [3.05, 3.63) is 11.9 Å². The highest BCUT2D eigenvalue weighted by Gasteiger charge is 2.16. The van der Waals surface area contributed by atoms with E-state index in [0.29, 0.717) is 0 Å². The molecule has 3 N–H and O–H groups in total. The van der Waals surface area contributed by atoms with Crippen molar-refractivity contribution in [1.82, 2.24) is 19.4 Å². The molecule has 0 spiro atoms. The van der Waals surface area contributed by atoms with Crippen molar-refractivity contribution < 1.29 is 13.2 Å². The molecule has 1 heterocycles. The van der Waals surface area contributed by atoms with E-state index in [1.54, 1.807) is 7.05 Å². The fraction of sp³-hybridized carbons (Fsp3) is 0.556. The lowest BCUT2D eigenvalue weighted by molar-refractivity contribution is 0.0951. The summed E-state index contributed by atoms with van der Waals surface area (Å²) in [7, 11) is 1.20. The van der Waals surface area contributed by atoms with E-state index in [9.17, 15) is 13.2 Å². The molecule has 102 valence electrons. The Bertz CT molecular complexity index is 534. The van der Waals surface area contributed by atoms with Crippen LogP contribution < -0.4 is 11.1 Å². The monoisotopic (exact) mass is 275 g/mol. The van der Waals surface area contributed by atoms with Gasteiger partial charge in [-0.3, -0.25) is 9.48 Å². The smallest absolute Gasteiger partial charge is 0.273 e. The molecule has 0 saturated heterocycles. The van der Waals surface area contributed by atoms with Gasteiger partial charge in [0, 0.05) is 33.9 Å². The number of anilines is 1. The zero-order valence-electron chi connectivity index (χ0n) is 10.5. The number of hydrogen-bond acceptors (Lipinski definition) is 5. The number of carbonyl (C=O) groups excluding carboxylic acids is 1. The second kappa shape index (κ2) is 5.36. The van der Waals surface area contributed by atoms with Crippen molar-refractivity contribution in [2.45, 2.75) is 0 Å². The molecule has 18 heavy (non-hydrogen) atoms. The van der Waals surface area contributed by atoms with Crippen molar-refractivity contribution in [3.63, 3.8) is 0 Å². The number of carbonyl (C=O) groups is 1. The van der Waals surface area contributed by atoms with E-state index in [1.807, 2.05) is 0 Å². The summed E-state index contributed by atoms with van der Waals surface area (Å²) in [6.45, 7) is 0.00929. The Morgan fingerprint density at radius 3 is 2.61 bits per heavy atom. The summed E-state index contributed by atoms with van der Waals surface area (Å²) in [4.78, 5) is 11.7. The Labute approximate surface area is 106 Å². The number of sulfonamides is 1. The average molecular weight is 275 g/mol. The van der Waals surface area contributed by atoms with Crippen LogP contribution in [0.5, 0.6) is 0 Å². The maximum absolute atomic E-state index is 11.7. The summed E-state index contributed by atoms with van der Waals surface area (Å²) in [6, 6.07) is 0. The molecule has 1 aromatic heterocycles. The van der Waals surface area contributed by atoms with Gasteiger partial charge in [-0.2, -0.15) is 5.10 Å². The van der Waals surface area contributed by atoms with Gasteiger partial charge in [0.05, 0.1) is 11.4 Å². The van der Waals surface area contributed by atoms with Crippen molar-refractivity contribution in [3.8, 4) is 0 Å². The van der Waals surface area contributed by atoms with Gasteiger partial charge in [-0.1, -0.05) is 0 Å². The summed E-state index contributed by atoms with van der Waals surface area (Å²) in [5.74, 6) is -0.652. The fourth-order valence-electron chi connectivity index (χ4n) is 1.24. The first-order chi connectivity index (χ1) is 8.24. The van der Waals surface area contributed by atoms with Crippen LogP contribution in [0, 0.1) is 0 Å². The molecule has 8 nitrogen and oxygen atoms in total. The van der Waals surface area contributed by atoms with Gasteiger partial charge in [-0.25, -0.2) is 12.7 Å². The van der Waals surface area contributed by atoms with Gasteiger partial charge in [-0.05, 0) is 0 Å². The van der Waals surface area contributed by atoms with Crippen LogP contribution in [-0.2, 0) is 17.1 Å². The van der Waals surface area contributed by atoms with Crippen molar-refractivity contribution in [2.75, 3.05) is 32.1 Å². The third-order valence-electron chi connectivity index (χ3n) is 2.27. The number of rotatable bonds is 5. The van der Waals surface area contributed by atoms with Crippen LogP contribution in [0.4, 0.5) is 5.69 Å². The molecule has 0 aliphatic carbocycles. The zero-order valence-corrected chi connectivity index (χ0v) is 11.4. The van der Waals surface area contributed by atoms with Crippen LogP contribution in [-0.4, -0.2) is 54.8 Å². The molecule has 0 bridgehead atoms. The highest BCUT2D eigenvalue weighted by molar-refractivity contribution is 7.89. The van der Waals surface area contributed by atoms with E-state index in [0.717, 1.165) is 4.31 Å². The normalized spacial score (nSPS) is 11.8. The standard InChI is InChI=1S/C9H17N5O3S/c1-13(2)18(16,17)5-4-11-9(15)8-7(10)6-14(3)12-8/h6H,4-5,10H2,1-3H3,(H,11,15). The van der Waals surface area contributed by atoms with Crippen molar-refractivity contribution in [1.29, 1.82) is 0 Å². The maximum atomic E-state index is 11.7. The minimum Gasteiger partial charge on any atom is -0.396 e. The summed E-state index contributed by atoms with van der Waals surface area (Å²) >= 11 is 0. The first-order valence-electron chi connectivity index (χ1n) is 5.21. The summed E-state index contributed by atoms with van der Waals surface area (Å²) in [6.07, 6.45) is 1.51. The Kier molecular flexibility index (Phi) is 4.30. The lowest BCUT2D eigenvalue weighted by Gasteiger charge is -2.11. The maximum Gasteiger partial charge on any atom is 0.273 e. The van der Waals surface area contributed by atoms with Crippen LogP contribution in [0.2, 0.25) is 0 Å². The number of nitrogen functional groups attached to an aromatic ring is 1. The molecular formula is C9H17N5O3S. The summed E-state index contributed by atoms with van der Waals surface area (Å²) < 4.78 is 25.4. The molecule has 0 atom stereocenters. The lowest BCUT2D eigenvalue weighted by atomic mass is 10.3. The van der Waals surface area contributed by atoms with Crippen molar-refractivity contribution >= 4 is 21.6 Å². The highest BCUT2D eigenvalue weighted by Crippen LogP contribution is 2.07. The van der Waals surface area contributed by atoms with Crippen LogP contribution in [0.1, 0.15) is 10.5 Å². The number of hydrogen-bond donors (Lipinski definition) is 2. The molecule has 0 saturated carbocycles. The SMILES string of the molecule is CN(C)S(=O)(=O)CCNC(=O)c1nn(C)cc1N. The van der Waals surface area contributed by atoms with Crippen LogP contribution in [0.15, 0.2) is 6.20 Å². The molecule has 0 fully saturated rings. The summed E-state index contributed by atoms with van der Waals surface area (Å²) in [5, 5.41) is 6.34. The summed E-state index contributed by atoms with van der Waals surface area (Å²) in [5.41, 5.74) is 5.93. The number of aryl methyl sites for hydroxylation is 1. The number of nitrogens with zero attached hydrogens (tertiary/aromatic N) is 3. The first kappa shape index (κ1) is 14.5. The Morgan fingerprint density at radius 1 is 1.56 bits per heavy atom. The molecule has 1 amide bonds. The predicted octanol–water partition coefficient (Wildman–Crippen LogP) is -1.38. The van der Waals surface area contributed by atoms with Gasteiger partial charge < -0.3 is 11.1 Å². The van der Waals surface area contributed by atoms with Crippen LogP contribution in [0.3, 0.4) is 0 Å². The largest absolute Gasteiger partial charge is 0.396 e. The molecular weight excluding hydrogens is 258 g/mol. The molecule has 0 aliphatic heterocycles. The number of amides is 1. The molecule has 0 aromatic carbocycles. The molecule has 1 aromatic rings. The zero-order chi connectivity index (χ0) is 13.9.